The van der Waals surface area contributed by atoms with Crippen LogP contribution in [0.3, 0.4) is 0 Å². The Morgan fingerprint density at radius 2 is 1.85 bits per heavy atom. The van der Waals surface area contributed by atoms with Crippen molar-refractivity contribution in [2.24, 2.45) is 5.73 Å². The highest BCUT2D eigenvalue weighted by Gasteiger charge is 2.37. The number of aliphatic hydroxyl groups is 1. The molecular weight excluding hydrogens is 194 g/mol. The van der Waals surface area contributed by atoms with E-state index in [0.29, 0.717) is 0 Å². The quantitative estimate of drug-likeness (QED) is 0.363. The highest BCUT2D eigenvalue weighted by atomic mass is 32.1. The summed E-state index contributed by atoms with van der Waals surface area (Å²) in [6.07, 6.45) is 0. The van der Waals surface area contributed by atoms with Gasteiger partial charge in [-0.25, -0.2) is 4.79 Å². The molecule has 0 fully saturated rings. The molecule has 0 spiro atoms. The van der Waals surface area contributed by atoms with Gasteiger partial charge in [0.25, 0.3) is 0 Å². The molecule has 13 heavy (non-hydrogen) atoms. The number of rotatable bonds is 3. The van der Waals surface area contributed by atoms with Gasteiger partial charge in [0.2, 0.25) is 0 Å². The minimum Gasteiger partial charge on any atom is -0.480 e. The van der Waals surface area contributed by atoms with E-state index >= 15 is 0 Å². The van der Waals surface area contributed by atoms with E-state index in [0.717, 1.165) is 6.92 Å². The number of carboxylic acids is 1. The molecule has 0 aromatic carbocycles. The predicted octanol–water partition coefficient (Wildman–Crippen LogP) is -0.714. The summed E-state index contributed by atoms with van der Waals surface area (Å²) in [5.74, 6) is -2.11. The summed E-state index contributed by atoms with van der Waals surface area (Å²) < 4.78 is 0. The van der Waals surface area contributed by atoms with Crippen LogP contribution >= 0.6 is 12.6 Å². The molecule has 0 aliphatic rings. The molecule has 0 saturated carbocycles. The summed E-state index contributed by atoms with van der Waals surface area (Å²) in [6, 6.07) is 0. The maximum absolute atomic E-state index is 10.6. The van der Waals surface area contributed by atoms with Gasteiger partial charge in [-0.2, -0.15) is 12.6 Å². The smallest absolute Gasteiger partial charge is 0.332 e. The van der Waals surface area contributed by atoms with Crippen LogP contribution in [0.15, 0.2) is 0 Å². The molecular formula is C7H15NO4S. The predicted molar refractivity (Wildman–Crippen MR) is 51.8 cm³/mol. The van der Waals surface area contributed by atoms with E-state index in [2.05, 4.69) is 12.6 Å². The summed E-state index contributed by atoms with van der Waals surface area (Å²) in [5.41, 5.74) is 3.34. The first-order valence-corrected chi connectivity index (χ1v) is 4.25. The third kappa shape index (κ3) is 4.87. The van der Waals surface area contributed by atoms with Gasteiger partial charge in [0.05, 0.1) is 0 Å². The summed E-state index contributed by atoms with van der Waals surface area (Å²) in [5, 5.41) is 16.0. The number of Topliss-reactive ketones (excluding diaryl/α,β-unsaturated/α-hetero) is 1. The standard InChI is InChI=1S/C5H9NO3S.C2H6O/c1-3(7)5(6,2-10)4(8)9;1-2-3/h10H,2,6H2,1H3,(H,8,9);3H,2H2,1H3. The summed E-state index contributed by atoms with van der Waals surface area (Å²) in [4.78, 5) is 20.9. The lowest BCUT2D eigenvalue weighted by Gasteiger charge is -2.17. The highest BCUT2D eigenvalue weighted by Crippen LogP contribution is 2.04. The van der Waals surface area contributed by atoms with E-state index in [-0.39, 0.29) is 12.4 Å². The fraction of sp³-hybridized carbons (Fsp3) is 0.714. The number of thiol groups is 1. The molecule has 5 nitrogen and oxygen atoms in total. The Morgan fingerprint density at radius 1 is 1.54 bits per heavy atom. The molecule has 0 rings (SSSR count). The Balaban J connectivity index is 0. The van der Waals surface area contributed by atoms with Crippen LogP contribution in [-0.4, -0.2) is 39.9 Å². The van der Waals surface area contributed by atoms with E-state index in [9.17, 15) is 9.59 Å². The van der Waals surface area contributed by atoms with Gasteiger partial charge in [-0.3, -0.25) is 4.79 Å². The Morgan fingerprint density at radius 3 is 1.85 bits per heavy atom. The number of nitrogens with two attached hydrogens (primary N) is 1. The molecule has 1 atom stereocenters. The van der Waals surface area contributed by atoms with Gasteiger partial charge >= 0.3 is 5.97 Å². The van der Waals surface area contributed by atoms with Crippen LogP contribution in [0.1, 0.15) is 13.8 Å². The van der Waals surface area contributed by atoms with Crippen molar-refractivity contribution in [1.82, 2.24) is 0 Å². The molecule has 0 radical (unpaired) electrons. The second-order valence-corrected chi connectivity index (χ2v) is 2.62. The second-order valence-electron chi connectivity index (χ2n) is 2.31. The van der Waals surface area contributed by atoms with Crippen LogP contribution in [0.5, 0.6) is 0 Å². The van der Waals surface area contributed by atoms with Crippen molar-refractivity contribution in [3.05, 3.63) is 0 Å². The van der Waals surface area contributed by atoms with Gasteiger partial charge in [0, 0.05) is 12.4 Å². The lowest BCUT2D eigenvalue weighted by atomic mass is 9.99. The van der Waals surface area contributed by atoms with Crippen LogP contribution in [0.4, 0.5) is 0 Å². The second kappa shape index (κ2) is 6.88. The van der Waals surface area contributed by atoms with E-state index < -0.39 is 17.3 Å². The first-order valence-electron chi connectivity index (χ1n) is 3.61. The average molecular weight is 209 g/mol. The molecule has 0 aromatic heterocycles. The van der Waals surface area contributed by atoms with Crippen LogP contribution in [0, 0.1) is 0 Å². The van der Waals surface area contributed by atoms with E-state index in [1.807, 2.05) is 0 Å². The summed E-state index contributed by atoms with van der Waals surface area (Å²) >= 11 is 3.65. The molecule has 0 saturated heterocycles. The third-order valence-corrected chi connectivity index (χ3v) is 1.76. The largest absolute Gasteiger partial charge is 0.480 e. The number of hydrogen-bond acceptors (Lipinski definition) is 5. The van der Waals surface area contributed by atoms with Gasteiger partial charge in [-0.15, -0.1) is 0 Å². The lowest BCUT2D eigenvalue weighted by molar-refractivity contribution is -0.146. The van der Waals surface area contributed by atoms with Gasteiger partial charge in [0.1, 0.15) is 0 Å². The molecule has 6 heteroatoms. The Bertz CT molecular complexity index is 169. The van der Waals surface area contributed by atoms with Gasteiger partial charge in [-0.1, -0.05) is 0 Å². The molecule has 0 bridgehead atoms. The number of aliphatic hydroxyl groups excluding tert-OH is 1. The fourth-order valence-corrected chi connectivity index (χ4v) is 0.687. The van der Waals surface area contributed by atoms with Gasteiger partial charge in [0.15, 0.2) is 11.3 Å². The number of aliphatic carboxylic acids is 1. The minimum absolute atomic E-state index is 0.183. The third-order valence-electron chi connectivity index (χ3n) is 1.26. The lowest BCUT2D eigenvalue weighted by Crippen LogP contribution is -2.55. The van der Waals surface area contributed by atoms with Crippen molar-refractivity contribution in [1.29, 1.82) is 0 Å². The van der Waals surface area contributed by atoms with Crippen molar-refractivity contribution in [2.75, 3.05) is 12.4 Å². The number of carbonyl (C=O) groups is 2. The van der Waals surface area contributed by atoms with Crippen LogP contribution in [0.25, 0.3) is 0 Å². The molecule has 0 aliphatic heterocycles. The van der Waals surface area contributed by atoms with Crippen molar-refractivity contribution >= 4 is 24.4 Å². The minimum atomic E-state index is -1.82. The molecule has 0 aromatic rings. The van der Waals surface area contributed by atoms with Gasteiger partial charge < -0.3 is 15.9 Å². The maximum Gasteiger partial charge on any atom is 0.332 e. The average Bonchev–Trinajstić information content (AvgIpc) is 2.03. The number of ketones is 1. The molecule has 0 heterocycles. The molecule has 0 aliphatic carbocycles. The Labute approximate surface area is 82.3 Å². The van der Waals surface area contributed by atoms with Crippen LogP contribution in [0.2, 0.25) is 0 Å². The van der Waals surface area contributed by atoms with Crippen molar-refractivity contribution in [3.63, 3.8) is 0 Å². The molecule has 78 valence electrons. The van der Waals surface area contributed by atoms with Crippen molar-refractivity contribution < 1.29 is 19.8 Å². The number of hydrogen-bond donors (Lipinski definition) is 4. The van der Waals surface area contributed by atoms with E-state index in [1.54, 1.807) is 6.92 Å². The van der Waals surface area contributed by atoms with Crippen LogP contribution < -0.4 is 5.73 Å². The topological polar surface area (TPSA) is 101 Å². The molecule has 1 unspecified atom stereocenters. The monoisotopic (exact) mass is 209 g/mol. The highest BCUT2D eigenvalue weighted by molar-refractivity contribution is 7.80. The normalized spacial score (nSPS) is 13.6. The fourth-order valence-electron chi connectivity index (χ4n) is 0.330. The zero-order valence-corrected chi connectivity index (χ0v) is 8.54. The zero-order valence-electron chi connectivity index (χ0n) is 7.65. The SMILES string of the molecule is CC(=O)C(N)(CS)C(=O)O.CCO. The zero-order chi connectivity index (χ0) is 11.1. The maximum atomic E-state index is 10.6. The molecule has 4 N–H and O–H groups in total. The first-order chi connectivity index (χ1) is 5.86. The first kappa shape index (κ1) is 14.9. The van der Waals surface area contributed by atoms with Crippen molar-refractivity contribution in [3.8, 4) is 0 Å². The number of carbonyl (C=O) groups excluding carboxylic acids is 1. The Kier molecular flexibility index (Phi) is 7.89. The van der Waals surface area contributed by atoms with Crippen LogP contribution in [-0.2, 0) is 9.59 Å². The number of carboxylic acid groups (broad SMARTS) is 1. The van der Waals surface area contributed by atoms with E-state index in [4.69, 9.17) is 15.9 Å². The van der Waals surface area contributed by atoms with Gasteiger partial charge in [-0.05, 0) is 13.8 Å². The summed E-state index contributed by atoms with van der Waals surface area (Å²) in [7, 11) is 0. The Hall–Kier alpha value is -0.590. The summed E-state index contributed by atoms with van der Waals surface area (Å²) in [6.45, 7) is 3.06. The van der Waals surface area contributed by atoms with Crippen molar-refractivity contribution in [2.45, 2.75) is 19.4 Å². The van der Waals surface area contributed by atoms with E-state index in [1.165, 1.54) is 0 Å². The molecule has 0 amide bonds.